The predicted molar refractivity (Wildman–Crippen MR) is 116 cm³/mol. The second kappa shape index (κ2) is 10.2. The number of hydrogen-bond donors (Lipinski definition) is 1. The number of carbonyl (C=O) groups is 2. The predicted octanol–water partition coefficient (Wildman–Crippen LogP) is 3.75. The van der Waals surface area contributed by atoms with Gasteiger partial charge in [-0.3, -0.25) is 14.6 Å². The Hall–Kier alpha value is -3.53. The fourth-order valence-electron chi connectivity index (χ4n) is 3.88. The summed E-state index contributed by atoms with van der Waals surface area (Å²) in [5.74, 6) is -1.64. The van der Waals surface area contributed by atoms with Crippen LogP contribution >= 0.6 is 0 Å². The zero-order chi connectivity index (χ0) is 24.2. The van der Waals surface area contributed by atoms with Gasteiger partial charge in [-0.15, -0.1) is 0 Å². The molecule has 1 fully saturated rings. The van der Waals surface area contributed by atoms with Crippen LogP contribution in [0.2, 0.25) is 0 Å². The lowest BCUT2D eigenvalue weighted by molar-refractivity contribution is -0.154. The van der Waals surface area contributed by atoms with Crippen LogP contribution in [0.4, 0.5) is 13.2 Å². The van der Waals surface area contributed by atoms with E-state index in [0.717, 1.165) is 0 Å². The molecule has 0 spiro atoms. The summed E-state index contributed by atoms with van der Waals surface area (Å²) in [7, 11) is 0. The molecule has 3 heterocycles. The normalized spacial score (nSPS) is 18.1. The van der Waals surface area contributed by atoms with Gasteiger partial charge in [0.05, 0.1) is 12.6 Å². The third-order valence-corrected chi connectivity index (χ3v) is 5.51. The molecule has 1 aromatic carbocycles. The second-order valence-corrected chi connectivity index (χ2v) is 7.96. The van der Waals surface area contributed by atoms with Crippen LogP contribution in [0.25, 0.3) is 10.9 Å². The molecule has 4 rings (SSSR count). The largest absolute Gasteiger partial charge is 0.458 e. The Morgan fingerprint density at radius 1 is 1.26 bits per heavy atom. The molecule has 0 saturated carbocycles. The molecule has 2 unspecified atom stereocenters. The van der Waals surface area contributed by atoms with E-state index < -0.39 is 36.3 Å². The first-order valence-corrected chi connectivity index (χ1v) is 10.7. The number of ether oxygens (including phenoxy) is 2. The molecule has 3 aromatic rings. The molecule has 0 radical (unpaired) electrons. The average Bonchev–Trinajstić information content (AvgIpc) is 2.81. The Balaban J connectivity index is 1.64. The number of hydrogen-bond acceptors (Lipinski definition) is 6. The maximum absolute atomic E-state index is 14.6. The molecule has 2 atom stereocenters. The molecular formula is C24H22F3N3O4. The lowest BCUT2D eigenvalue weighted by atomic mass is 10.00. The molecule has 2 aromatic heterocycles. The van der Waals surface area contributed by atoms with Gasteiger partial charge in [-0.2, -0.15) is 0 Å². The summed E-state index contributed by atoms with van der Waals surface area (Å²) in [5, 5.41) is 3.31. The summed E-state index contributed by atoms with van der Waals surface area (Å²) in [6, 6.07) is 8.26. The van der Waals surface area contributed by atoms with E-state index in [1.54, 1.807) is 6.07 Å². The fraction of sp³-hybridized carbons (Fsp3) is 0.333. The van der Waals surface area contributed by atoms with Crippen molar-refractivity contribution in [2.45, 2.75) is 38.3 Å². The summed E-state index contributed by atoms with van der Waals surface area (Å²) >= 11 is 0. The van der Waals surface area contributed by atoms with Crippen LogP contribution in [0, 0.1) is 5.82 Å². The van der Waals surface area contributed by atoms with E-state index in [9.17, 15) is 22.8 Å². The molecule has 1 amide bonds. The van der Waals surface area contributed by atoms with Crippen LogP contribution in [0.15, 0.2) is 42.6 Å². The Morgan fingerprint density at radius 3 is 2.79 bits per heavy atom. The molecule has 10 heteroatoms. The molecule has 0 aliphatic carbocycles. The number of fused-ring (bicyclic) bond motifs is 1. The van der Waals surface area contributed by atoms with Crippen molar-refractivity contribution in [3.8, 4) is 0 Å². The van der Waals surface area contributed by atoms with Crippen molar-refractivity contribution in [3.63, 3.8) is 0 Å². The minimum absolute atomic E-state index is 0.0159. The van der Waals surface area contributed by atoms with E-state index >= 15 is 0 Å². The number of alkyl halides is 2. The zero-order valence-electron chi connectivity index (χ0n) is 18.3. The number of amides is 1. The standard InChI is InChI=1S/C24H22F3N3O4/c1-13(31)34-21-12-33-8-7-18(21)30-24(32)20-10-15(16-3-2-4-17(25)22(16)29-20)9-14-5-6-19(23(26)27)28-11-14/h2-6,10-11,18,21,23H,7-9,12H2,1H3,(H,30,32). The van der Waals surface area contributed by atoms with Crippen molar-refractivity contribution in [2.75, 3.05) is 13.2 Å². The quantitative estimate of drug-likeness (QED) is 0.549. The van der Waals surface area contributed by atoms with Gasteiger partial charge < -0.3 is 14.8 Å². The van der Waals surface area contributed by atoms with Crippen LogP contribution in [-0.4, -0.2) is 47.2 Å². The number of esters is 1. The van der Waals surface area contributed by atoms with Gasteiger partial charge in [0.1, 0.15) is 28.8 Å². The van der Waals surface area contributed by atoms with Crippen molar-refractivity contribution in [1.29, 1.82) is 0 Å². The number of aromatic nitrogens is 2. The molecular weight excluding hydrogens is 451 g/mol. The number of nitrogens with zero attached hydrogens (tertiary/aromatic N) is 2. The van der Waals surface area contributed by atoms with Crippen LogP contribution in [0.3, 0.4) is 0 Å². The Bertz CT molecular complexity index is 1200. The minimum Gasteiger partial charge on any atom is -0.458 e. The lowest BCUT2D eigenvalue weighted by Crippen LogP contribution is -2.50. The number of pyridine rings is 2. The van der Waals surface area contributed by atoms with Gasteiger partial charge in [-0.05, 0) is 42.2 Å². The first-order valence-electron chi connectivity index (χ1n) is 10.7. The highest BCUT2D eigenvalue weighted by molar-refractivity contribution is 5.96. The molecule has 1 aliphatic heterocycles. The molecule has 1 saturated heterocycles. The summed E-state index contributed by atoms with van der Waals surface area (Å²) in [6.45, 7) is 1.81. The van der Waals surface area contributed by atoms with Gasteiger partial charge in [0.15, 0.2) is 0 Å². The van der Waals surface area contributed by atoms with E-state index in [2.05, 4.69) is 15.3 Å². The number of nitrogens with one attached hydrogen (secondary N) is 1. The van der Waals surface area contributed by atoms with Gasteiger partial charge >= 0.3 is 5.97 Å². The fourth-order valence-corrected chi connectivity index (χ4v) is 3.88. The third kappa shape index (κ3) is 5.33. The van der Waals surface area contributed by atoms with Crippen molar-refractivity contribution < 1.29 is 32.2 Å². The number of benzene rings is 1. The molecule has 1 N–H and O–H groups in total. The highest BCUT2D eigenvalue weighted by Crippen LogP contribution is 2.25. The Kier molecular flexibility index (Phi) is 7.06. The highest BCUT2D eigenvalue weighted by Gasteiger charge is 2.30. The topological polar surface area (TPSA) is 90.4 Å². The maximum Gasteiger partial charge on any atom is 0.303 e. The summed E-state index contributed by atoms with van der Waals surface area (Å²) < 4.78 is 50.8. The van der Waals surface area contributed by atoms with Crippen LogP contribution in [0.5, 0.6) is 0 Å². The van der Waals surface area contributed by atoms with Gasteiger partial charge in [0, 0.05) is 25.1 Å². The molecule has 34 heavy (non-hydrogen) atoms. The third-order valence-electron chi connectivity index (χ3n) is 5.51. The molecule has 1 aliphatic rings. The van der Waals surface area contributed by atoms with Crippen molar-refractivity contribution in [3.05, 3.63) is 70.9 Å². The van der Waals surface area contributed by atoms with Gasteiger partial charge in [0.25, 0.3) is 12.3 Å². The molecule has 7 nitrogen and oxygen atoms in total. The number of rotatable bonds is 6. The second-order valence-electron chi connectivity index (χ2n) is 7.96. The van der Waals surface area contributed by atoms with Crippen LogP contribution in [-0.2, 0) is 20.7 Å². The van der Waals surface area contributed by atoms with Crippen LogP contribution in [0.1, 0.15) is 47.1 Å². The number of halogens is 3. The first kappa shape index (κ1) is 23.6. The Morgan fingerprint density at radius 2 is 2.09 bits per heavy atom. The minimum atomic E-state index is -2.68. The zero-order valence-corrected chi connectivity index (χ0v) is 18.3. The van der Waals surface area contributed by atoms with Crippen molar-refractivity contribution in [2.24, 2.45) is 0 Å². The number of carbonyl (C=O) groups excluding carboxylic acids is 2. The summed E-state index contributed by atoms with van der Waals surface area (Å²) in [5.41, 5.74) is 0.869. The van der Waals surface area contributed by atoms with Gasteiger partial charge in [-0.25, -0.2) is 18.2 Å². The van der Waals surface area contributed by atoms with E-state index in [0.29, 0.717) is 29.5 Å². The average molecular weight is 473 g/mol. The van der Waals surface area contributed by atoms with Gasteiger partial charge in [-0.1, -0.05) is 18.2 Å². The van der Waals surface area contributed by atoms with Crippen molar-refractivity contribution >= 4 is 22.8 Å². The lowest BCUT2D eigenvalue weighted by Gasteiger charge is -2.31. The monoisotopic (exact) mass is 473 g/mol. The van der Waals surface area contributed by atoms with E-state index in [-0.39, 0.29) is 29.9 Å². The SMILES string of the molecule is CC(=O)OC1COCCC1NC(=O)c1cc(Cc2ccc(C(F)F)nc2)c2cccc(F)c2n1. The molecule has 0 bridgehead atoms. The maximum atomic E-state index is 14.6. The smallest absolute Gasteiger partial charge is 0.303 e. The number of para-hydroxylation sites is 1. The van der Waals surface area contributed by atoms with Gasteiger partial charge in [0.2, 0.25) is 0 Å². The summed E-state index contributed by atoms with van der Waals surface area (Å²) in [4.78, 5) is 32.4. The van der Waals surface area contributed by atoms with Crippen molar-refractivity contribution in [1.82, 2.24) is 15.3 Å². The van der Waals surface area contributed by atoms with E-state index in [4.69, 9.17) is 9.47 Å². The van der Waals surface area contributed by atoms with Crippen LogP contribution < -0.4 is 5.32 Å². The Labute approximate surface area is 193 Å². The molecule has 178 valence electrons. The van der Waals surface area contributed by atoms with E-state index in [1.807, 2.05) is 0 Å². The highest BCUT2D eigenvalue weighted by atomic mass is 19.3. The van der Waals surface area contributed by atoms with E-state index in [1.165, 1.54) is 43.5 Å². The summed E-state index contributed by atoms with van der Waals surface area (Å²) in [6.07, 6.45) is -1.33. The first-order chi connectivity index (χ1) is 16.3.